The Morgan fingerprint density at radius 3 is 2.39 bits per heavy atom. The third kappa shape index (κ3) is 1.97. The molecule has 1 N–H and O–H groups in total. The average molecular weight is 337 g/mol. The zero-order chi connectivity index (χ0) is 12.9. The van der Waals surface area contributed by atoms with E-state index in [0.29, 0.717) is 20.1 Å². The molecular weight excluding hydrogens is 332 g/mol. The highest BCUT2D eigenvalue weighted by Gasteiger charge is 2.23. The summed E-state index contributed by atoms with van der Waals surface area (Å²) in [5, 5.41) is 5.17. The second-order valence-electron chi connectivity index (χ2n) is 3.71. The van der Waals surface area contributed by atoms with Gasteiger partial charge in [-0.25, -0.2) is 0 Å². The minimum absolute atomic E-state index is 0.363. The number of fused-ring (bicyclic) bond motifs is 2. The zero-order valence-electron chi connectivity index (χ0n) is 8.73. The maximum atomic E-state index is 6.21. The molecule has 0 spiro atoms. The van der Waals surface area contributed by atoms with Crippen molar-refractivity contribution in [3.63, 3.8) is 0 Å². The first-order valence-electron chi connectivity index (χ1n) is 4.99. The number of halogens is 4. The Balaban J connectivity index is 2.20. The molecule has 0 amide bonds. The van der Waals surface area contributed by atoms with E-state index in [2.05, 4.69) is 5.32 Å². The van der Waals surface area contributed by atoms with E-state index >= 15 is 0 Å². The molecule has 0 aliphatic carbocycles. The van der Waals surface area contributed by atoms with Crippen LogP contribution in [0.4, 0.5) is 11.4 Å². The number of nitrogens with one attached hydrogen (secondary N) is 1. The van der Waals surface area contributed by atoms with Gasteiger partial charge in [0, 0.05) is 0 Å². The molecule has 6 heteroatoms. The Morgan fingerprint density at radius 2 is 1.61 bits per heavy atom. The quantitative estimate of drug-likeness (QED) is 0.469. The molecule has 0 atom stereocenters. The summed E-state index contributed by atoms with van der Waals surface area (Å²) < 4.78 is 0. The molecule has 0 saturated carbocycles. The van der Waals surface area contributed by atoms with Crippen molar-refractivity contribution in [3.8, 4) is 0 Å². The highest BCUT2D eigenvalue weighted by Crippen LogP contribution is 2.52. The van der Waals surface area contributed by atoms with Crippen molar-refractivity contribution < 1.29 is 0 Å². The van der Waals surface area contributed by atoms with Gasteiger partial charge < -0.3 is 5.32 Å². The monoisotopic (exact) mass is 335 g/mol. The van der Waals surface area contributed by atoms with E-state index in [-0.39, 0.29) is 0 Å². The Kier molecular flexibility index (Phi) is 3.33. The van der Waals surface area contributed by atoms with Crippen LogP contribution < -0.4 is 5.32 Å². The summed E-state index contributed by atoms with van der Waals surface area (Å²) in [5.41, 5.74) is 1.78. The Labute approximate surface area is 128 Å². The number of benzene rings is 2. The maximum Gasteiger partial charge on any atom is 0.0791 e. The normalized spacial score (nSPS) is 12.7. The Hall–Kier alpha value is -0.250. The molecular formula is C12H5Cl4NS. The lowest BCUT2D eigenvalue weighted by molar-refractivity contribution is 1.31. The molecule has 0 aromatic heterocycles. The topological polar surface area (TPSA) is 12.0 Å². The van der Waals surface area contributed by atoms with Crippen molar-refractivity contribution in [1.82, 2.24) is 0 Å². The van der Waals surface area contributed by atoms with E-state index in [1.807, 2.05) is 18.2 Å². The molecule has 92 valence electrons. The van der Waals surface area contributed by atoms with E-state index in [1.165, 1.54) is 11.8 Å². The molecule has 1 aliphatic rings. The molecule has 0 bridgehead atoms. The van der Waals surface area contributed by atoms with Gasteiger partial charge in [-0.2, -0.15) is 0 Å². The van der Waals surface area contributed by atoms with E-state index in [9.17, 15) is 0 Å². The molecule has 1 nitrogen and oxygen atoms in total. The van der Waals surface area contributed by atoms with Crippen LogP contribution in [-0.4, -0.2) is 0 Å². The van der Waals surface area contributed by atoms with Crippen molar-refractivity contribution >= 4 is 69.5 Å². The van der Waals surface area contributed by atoms with Crippen molar-refractivity contribution in [1.29, 1.82) is 0 Å². The average Bonchev–Trinajstić information content (AvgIpc) is 2.35. The summed E-state index contributed by atoms with van der Waals surface area (Å²) in [6.45, 7) is 0. The summed E-state index contributed by atoms with van der Waals surface area (Å²) in [7, 11) is 0. The summed E-state index contributed by atoms with van der Waals surface area (Å²) in [6, 6.07) is 7.44. The molecule has 0 fully saturated rings. The third-order valence-electron chi connectivity index (χ3n) is 2.56. The fraction of sp³-hybridized carbons (Fsp3) is 0. The fourth-order valence-corrected chi connectivity index (χ4v) is 3.81. The lowest BCUT2D eigenvalue weighted by atomic mass is 10.2. The van der Waals surface area contributed by atoms with Gasteiger partial charge in [0.05, 0.1) is 41.3 Å². The number of anilines is 2. The first-order chi connectivity index (χ1) is 8.58. The molecule has 2 aromatic rings. The number of hydrogen-bond acceptors (Lipinski definition) is 2. The van der Waals surface area contributed by atoms with Crippen molar-refractivity contribution in [2.75, 3.05) is 5.32 Å². The second kappa shape index (κ2) is 4.69. The van der Waals surface area contributed by atoms with E-state index in [1.54, 1.807) is 6.07 Å². The van der Waals surface area contributed by atoms with Crippen LogP contribution in [0.25, 0.3) is 0 Å². The highest BCUT2D eigenvalue weighted by molar-refractivity contribution is 8.00. The molecule has 2 aromatic carbocycles. The number of hydrogen-bond donors (Lipinski definition) is 1. The van der Waals surface area contributed by atoms with Gasteiger partial charge in [-0.15, -0.1) is 0 Å². The largest absolute Gasteiger partial charge is 0.354 e. The summed E-state index contributed by atoms with van der Waals surface area (Å²) in [6.07, 6.45) is 0. The van der Waals surface area contributed by atoms with Gasteiger partial charge in [-0.3, -0.25) is 0 Å². The van der Waals surface area contributed by atoms with Gasteiger partial charge in [-0.1, -0.05) is 64.2 Å². The molecule has 1 heterocycles. The first kappa shape index (κ1) is 12.8. The van der Waals surface area contributed by atoms with Crippen LogP contribution in [0, 0.1) is 0 Å². The van der Waals surface area contributed by atoms with Gasteiger partial charge in [0.1, 0.15) is 0 Å². The van der Waals surface area contributed by atoms with Crippen LogP contribution in [0.3, 0.4) is 0 Å². The number of rotatable bonds is 0. The van der Waals surface area contributed by atoms with Gasteiger partial charge in [-0.05, 0) is 18.2 Å². The van der Waals surface area contributed by atoms with Crippen LogP contribution in [0.1, 0.15) is 0 Å². The molecule has 0 radical (unpaired) electrons. The van der Waals surface area contributed by atoms with E-state index < -0.39 is 0 Å². The van der Waals surface area contributed by atoms with Gasteiger partial charge in [0.2, 0.25) is 0 Å². The summed E-state index contributed by atoms with van der Waals surface area (Å²) >= 11 is 25.9. The van der Waals surface area contributed by atoms with Crippen LogP contribution in [0.2, 0.25) is 20.1 Å². The standard InChI is InChI=1S/C12H5Cl4NS/c13-5-2-1-3-7-11(5)18-12-8(17-7)4-6(14)9(15)10(12)16/h1-4,17H. The zero-order valence-corrected chi connectivity index (χ0v) is 12.6. The van der Waals surface area contributed by atoms with Gasteiger partial charge >= 0.3 is 0 Å². The lowest BCUT2D eigenvalue weighted by Gasteiger charge is -2.23. The van der Waals surface area contributed by atoms with Crippen LogP contribution in [0.5, 0.6) is 0 Å². The third-order valence-corrected chi connectivity index (χ3v) is 5.63. The highest BCUT2D eigenvalue weighted by atomic mass is 35.5. The van der Waals surface area contributed by atoms with E-state index in [4.69, 9.17) is 46.4 Å². The van der Waals surface area contributed by atoms with Crippen LogP contribution in [-0.2, 0) is 0 Å². The van der Waals surface area contributed by atoms with Gasteiger partial charge in [0.25, 0.3) is 0 Å². The minimum atomic E-state index is 0.363. The maximum absolute atomic E-state index is 6.21. The predicted molar refractivity (Wildman–Crippen MR) is 80.3 cm³/mol. The van der Waals surface area contributed by atoms with Crippen LogP contribution in [0.15, 0.2) is 34.1 Å². The SMILES string of the molecule is Clc1cc2c(c(Cl)c1Cl)Sc1c(Cl)cccc1N2. The Morgan fingerprint density at radius 1 is 0.833 bits per heavy atom. The van der Waals surface area contributed by atoms with Crippen molar-refractivity contribution in [3.05, 3.63) is 44.4 Å². The van der Waals surface area contributed by atoms with E-state index in [0.717, 1.165) is 21.2 Å². The van der Waals surface area contributed by atoms with Gasteiger partial charge in [0.15, 0.2) is 0 Å². The predicted octanol–water partition coefficient (Wildman–Crippen LogP) is 6.51. The van der Waals surface area contributed by atoms with Crippen LogP contribution >= 0.6 is 58.2 Å². The van der Waals surface area contributed by atoms with Crippen molar-refractivity contribution in [2.45, 2.75) is 9.79 Å². The minimum Gasteiger partial charge on any atom is -0.354 e. The Bertz CT molecular complexity index is 657. The fourth-order valence-electron chi connectivity index (χ4n) is 1.73. The molecule has 18 heavy (non-hydrogen) atoms. The van der Waals surface area contributed by atoms with Crippen molar-refractivity contribution in [2.24, 2.45) is 0 Å². The molecule has 3 rings (SSSR count). The molecule has 0 unspecified atom stereocenters. The lowest BCUT2D eigenvalue weighted by Crippen LogP contribution is -2.01. The first-order valence-corrected chi connectivity index (χ1v) is 7.31. The molecule has 1 aliphatic heterocycles. The summed E-state index contributed by atoms with van der Waals surface area (Å²) in [4.78, 5) is 1.78. The second-order valence-corrected chi connectivity index (χ2v) is 6.30. The molecule has 0 saturated heterocycles. The smallest absolute Gasteiger partial charge is 0.0791 e. The summed E-state index contributed by atoms with van der Waals surface area (Å²) in [5.74, 6) is 0.